The summed E-state index contributed by atoms with van der Waals surface area (Å²) in [4.78, 5) is 0. The normalized spacial score (nSPS) is 9.33. The molecule has 0 N–H and O–H groups in total. The molecular weight excluding hydrogens is 111 g/mol. The second-order valence-corrected chi connectivity index (χ2v) is 1.45. The molecule has 0 saturated heterocycles. The summed E-state index contributed by atoms with van der Waals surface area (Å²) < 4.78 is 1.97. The van der Waals surface area contributed by atoms with Gasteiger partial charge in [-0.1, -0.05) is 0 Å². The maximum atomic E-state index is 2.39. The van der Waals surface area contributed by atoms with Crippen molar-refractivity contribution in [1.29, 1.82) is 0 Å². The Kier molecular flexibility index (Phi) is 5.36. The van der Waals surface area contributed by atoms with E-state index >= 15 is 0 Å². The summed E-state index contributed by atoms with van der Waals surface area (Å²) in [6.07, 6.45) is 5.27. The van der Waals surface area contributed by atoms with Crippen LogP contribution in [0.3, 0.4) is 0 Å². The molecule has 0 aliphatic carbocycles. The van der Waals surface area contributed by atoms with Crippen LogP contribution in [0.5, 0.6) is 0 Å². The van der Waals surface area contributed by atoms with Crippen LogP contribution < -0.4 is 0 Å². The quantitative estimate of drug-likeness (QED) is 0.514. The van der Waals surface area contributed by atoms with Crippen molar-refractivity contribution in [3.63, 3.8) is 0 Å². The van der Waals surface area contributed by atoms with Crippen molar-refractivity contribution in [3.8, 4) is 0 Å². The molecule has 0 amide bonds. The Hall–Kier alpha value is 0.194. The fourth-order valence-electron chi connectivity index (χ4n) is 0.197. The number of allylic oxidation sites excluding steroid dienone is 2. The third-order valence-corrected chi connectivity index (χ3v) is 0.727. The van der Waals surface area contributed by atoms with E-state index in [0.717, 1.165) is 6.42 Å². The topological polar surface area (TPSA) is 0 Å². The van der Waals surface area contributed by atoms with Crippen LogP contribution in [0.1, 0.15) is 13.3 Å². The third kappa shape index (κ3) is 4.19. The zero-order valence-corrected chi connectivity index (χ0v) is 5.28. The molecule has 0 nitrogen and oxygen atoms in total. The first kappa shape index (κ1) is 6.19. The molecule has 0 aromatic rings. The van der Waals surface area contributed by atoms with Crippen molar-refractivity contribution in [2.45, 2.75) is 13.3 Å². The molecule has 0 aromatic carbocycles. The molecule has 0 fully saturated rings. The maximum absolute atomic E-state index is 2.39. The van der Waals surface area contributed by atoms with Gasteiger partial charge in [-0.15, -0.1) is 0 Å². The van der Waals surface area contributed by atoms with Crippen molar-refractivity contribution in [3.05, 3.63) is 12.2 Å². The summed E-state index contributed by atoms with van der Waals surface area (Å²) in [7, 11) is 0. The van der Waals surface area contributed by atoms with Gasteiger partial charge in [-0.3, -0.25) is 0 Å². The summed E-state index contributed by atoms with van der Waals surface area (Å²) in [5, 5.41) is 0. The molecule has 0 rings (SSSR count). The van der Waals surface area contributed by atoms with Crippen LogP contribution in [0.25, 0.3) is 0 Å². The van der Waals surface area contributed by atoms with E-state index in [1.165, 1.54) is 0 Å². The van der Waals surface area contributed by atoms with Crippen LogP contribution in [-0.4, -0.2) is 4.73 Å². The summed E-state index contributed by atoms with van der Waals surface area (Å²) in [6.45, 7) is 2.12. The third-order valence-electron chi connectivity index (χ3n) is 0.458. The van der Waals surface area contributed by atoms with Crippen LogP contribution in [0.2, 0.25) is 0 Å². The minimum absolute atomic E-state index is 1.13. The van der Waals surface area contributed by atoms with Gasteiger partial charge in [0.1, 0.15) is 0 Å². The summed E-state index contributed by atoms with van der Waals surface area (Å²) in [5.41, 5.74) is 0. The molecule has 6 heavy (non-hydrogen) atoms. The van der Waals surface area contributed by atoms with E-state index in [2.05, 4.69) is 30.0 Å². The fourth-order valence-corrected chi connectivity index (χ4v) is 0.387. The number of hydrogen-bond acceptors (Lipinski definition) is 0. The Morgan fingerprint density at radius 2 is 2.33 bits per heavy atom. The van der Waals surface area contributed by atoms with Gasteiger partial charge < -0.3 is 0 Å². The van der Waals surface area contributed by atoms with E-state index in [1.54, 1.807) is 0 Å². The van der Waals surface area contributed by atoms with Crippen molar-refractivity contribution in [2.24, 2.45) is 0 Å². The van der Waals surface area contributed by atoms with E-state index in [1.807, 2.05) is 10.8 Å². The molecule has 0 unspecified atom stereocenters. The SMILES string of the molecule is CC/C=C/[CH]=[V]. The second-order valence-electron chi connectivity index (χ2n) is 0.985. The average molecular weight is 119 g/mol. The van der Waals surface area contributed by atoms with Gasteiger partial charge in [0.2, 0.25) is 0 Å². The predicted molar refractivity (Wildman–Crippen MR) is 25.5 cm³/mol. The van der Waals surface area contributed by atoms with Gasteiger partial charge in [0.05, 0.1) is 0 Å². The summed E-state index contributed by atoms with van der Waals surface area (Å²) in [6, 6.07) is 0. The average Bonchev–Trinajstić information content (AvgIpc) is 1.61. The fraction of sp³-hybridized carbons (Fsp3) is 0.400. The Bertz CT molecular complexity index is 55.0. The molecular formula is C5H8V. The Morgan fingerprint density at radius 1 is 1.67 bits per heavy atom. The zero-order valence-electron chi connectivity index (χ0n) is 3.89. The molecule has 33 valence electrons. The van der Waals surface area contributed by atoms with Gasteiger partial charge in [0.25, 0.3) is 0 Å². The Morgan fingerprint density at radius 3 is 2.50 bits per heavy atom. The first-order valence-corrected chi connectivity index (χ1v) is 2.85. The zero-order chi connectivity index (χ0) is 4.83. The predicted octanol–water partition coefficient (Wildman–Crippen LogP) is 1.30. The van der Waals surface area contributed by atoms with E-state index in [9.17, 15) is 0 Å². The van der Waals surface area contributed by atoms with E-state index in [-0.39, 0.29) is 0 Å². The van der Waals surface area contributed by atoms with Gasteiger partial charge in [-0.05, 0) is 0 Å². The van der Waals surface area contributed by atoms with E-state index < -0.39 is 0 Å². The van der Waals surface area contributed by atoms with Crippen LogP contribution in [0.15, 0.2) is 12.2 Å². The van der Waals surface area contributed by atoms with Gasteiger partial charge in [-0.2, -0.15) is 0 Å². The first-order chi connectivity index (χ1) is 2.91. The molecule has 0 saturated carbocycles. The summed E-state index contributed by atoms with van der Waals surface area (Å²) >= 11 is 2.39. The van der Waals surface area contributed by atoms with Crippen molar-refractivity contribution < 1.29 is 17.0 Å². The first-order valence-electron chi connectivity index (χ1n) is 2.04. The molecule has 0 aliphatic heterocycles. The Labute approximate surface area is 47.7 Å². The van der Waals surface area contributed by atoms with Gasteiger partial charge in [0.15, 0.2) is 0 Å². The molecule has 1 heteroatoms. The van der Waals surface area contributed by atoms with Gasteiger partial charge in [-0.25, -0.2) is 0 Å². The molecule has 0 heterocycles. The second kappa shape index (κ2) is 5.19. The van der Waals surface area contributed by atoms with Crippen molar-refractivity contribution >= 4 is 4.73 Å². The minimum atomic E-state index is 1.13. The van der Waals surface area contributed by atoms with Crippen LogP contribution in [-0.2, 0) is 17.0 Å². The van der Waals surface area contributed by atoms with E-state index in [4.69, 9.17) is 0 Å². The summed E-state index contributed by atoms with van der Waals surface area (Å²) in [5.74, 6) is 0. The molecule has 0 aromatic heterocycles. The molecule has 0 atom stereocenters. The van der Waals surface area contributed by atoms with Gasteiger partial charge in [0, 0.05) is 0 Å². The van der Waals surface area contributed by atoms with E-state index in [0.29, 0.717) is 0 Å². The Balaban J connectivity index is 2.94. The molecule has 0 bridgehead atoms. The molecule has 0 spiro atoms. The van der Waals surface area contributed by atoms with Crippen LogP contribution in [0, 0.1) is 0 Å². The van der Waals surface area contributed by atoms with Crippen LogP contribution >= 0.6 is 0 Å². The monoisotopic (exact) mass is 119 g/mol. The standard InChI is InChI=1S/C5H8.V/c1-3-5-4-2;/h1,3,5H,4H2,2H3;/b5-3+;. The number of hydrogen-bond donors (Lipinski definition) is 0. The molecule has 0 aliphatic rings. The van der Waals surface area contributed by atoms with Crippen molar-refractivity contribution in [1.82, 2.24) is 0 Å². The molecule has 0 radical (unpaired) electrons. The van der Waals surface area contributed by atoms with Crippen molar-refractivity contribution in [2.75, 3.05) is 0 Å². The van der Waals surface area contributed by atoms with Gasteiger partial charge >= 0.3 is 47.2 Å². The number of rotatable bonds is 2. The van der Waals surface area contributed by atoms with Crippen LogP contribution in [0.4, 0.5) is 0 Å².